The smallest absolute Gasteiger partial charge is 0.258 e. The molecule has 0 aliphatic carbocycles. The van der Waals surface area contributed by atoms with Crippen LogP contribution in [0.4, 0.5) is 10.8 Å². The van der Waals surface area contributed by atoms with Crippen molar-refractivity contribution in [1.82, 2.24) is 9.88 Å². The van der Waals surface area contributed by atoms with Gasteiger partial charge in [0.1, 0.15) is 0 Å². The number of morpholine rings is 1. The van der Waals surface area contributed by atoms with Crippen LogP contribution in [-0.4, -0.2) is 41.1 Å². The Balaban J connectivity index is 1.62. The van der Waals surface area contributed by atoms with Crippen LogP contribution < -0.4 is 11.1 Å². The molecular formula is C17H21ClN4O2S. The maximum absolute atomic E-state index is 12.3. The highest BCUT2D eigenvalue weighted by molar-refractivity contribution is 7.14. The third-order valence-corrected chi connectivity index (χ3v) is 5.01. The van der Waals surface area contributed by atoms with Crippen LogP contribution in [-0.2, 0) is 11.3 Å². The monoisotopic (exact) mass is 380 g/mol. The highest BCUT2D eigenvalue weighted by atomic mass is 35.5. The Morgan fingerprint density at radius 2 is 2.16 bits per heavy atom. The number of carbonyl (C=O) groups is 1. The van der Waals surface area contributed by atoms with E-state index in [0.29, 0.717) is 21.4 Å². The summed E-state index contributed by atoms with van der Waals surface area (Å²) < 4.78 is 5.74. The number of halogens is 1. The molecule has 0 bridgehead atoms. The number of carbonyl (C=O) groups excluding carboxylic acids is 1. The average Bonchev–Trinajstić information content (AvgIpc) is 2.92. The van der Waals surface area contributed by atoms with E-state index in [-0.39, 0.29) is 18.1 Å². The molecule has 2 heterocycles. The van der Waals surface area contributed by atoms with E-state index in [2.05, 4.69) is 29.0 Å². The van der Waals surface area contributed by atoms with Gasteiger partial charge in [-0.3, -0.25) is 15.0 Å². The number of anilines is 2. The van der Waals surface area contributed by atoms with Crippen molar-refractivity contribution in [2.24, 2.45) is 0 Å². The number of hydrogen-bond acceptors (Lipinski definition) is 6. The Hall–Kier alpha value is -1.67. The minimum atomic E-state index is -0.292. The summed E-state index contributed by atoms with van der Waals surface area (Å²) in [5.41, 5.74) is 7.49. The van der Waals surface area contributed by atoms with Gasteiger partial charge in [-0.2, -0.15) is 0 Å². The lowest BCUT2D eigenvalue weighted by molar-refractivity contribution is -0.0707. The number of aromatic nitrogens is 1. The van der Waals surface area contributed by atoms with Crippen molar-refractivity contribution in [2.75, 3.05) is 24.1 Å². The summed E-state index contributed by atoms with van der Waals surface area (Å²) in [6, 6.07) is 4.82. The quantitative estimate of drug-likeness (QED) is 0.796. The van der Waals surface area contributed by atoms with Crippen molar-refractivity contribution in [3.8, 4) is 0 Å². The highest BCUT2D eigenvalue weighted by Gasteiger charge is 2.23. The number of nitrogens with zero attached hydrogens (tertiary/aromatic N) is 2. The van der Waals surface area contributed by atoms with Gasteiger partial charge >= 0.3 is 0 Å². The first-order valence-electron chi connectivity index (χ1n) is 8.09. The van der Waals surface area contributed by atoms with E-state index in [1.54, 1.807) is 18.2 Å². The van der Waals surface area contributed by atoms with Crippen LogP contribution in [0.2, 0.25) is 5.02 Å². The van der Waals surface area contributed by atoms with Gasteiger partial charge in [-0.1, -0.05) is 11.6 Å². The lowest BCUT2D eigenvalue weighted by Gasteiger charge is -2.34. The number of amides is 1. The molecule has 1 saturated heterocycles. The predicted molar refractivity (Wildman–Crippen MR) is 101 cm³/mol. The molecule has 3 N–H and O–H groups in total. The standard InChI is InChI=1S/C17H21ClN4O2S/c1-10-6-22(7-11(2)24-10)8-13-9-25-17(20-13)21-16(23)14-4-3-12(19)5-15(14)18/h3-5,9-11H,6-8,19H2,1-2H3,(H,20,21,23). The van der Waals surface area contributed by atoms with E-state index in [0.717, 1.165) is 25.3 Å². The summed E-state index contributed by atoms with van der Waals surface area (Å²) in [5.74, 6) is -0.292. The minimum Gasteiger partial charge on any atom is -0.399 e. The number of nitrogen functional groups attached to an aromatic ring is 1. The summed E-state index contributed by atoms with van der Waals surface area (Å²) >= 11 is 7.48. The molecule has 8 heteroatoms. The fourth-order valence-electron chi connectivity index (χ4n) is 2.96. The van der Waals surface area contributed by atoms with Gasteiger partial charge in [-0.25, -0.2) is 4.98 Å². The number of hydrogen-bond donors (Lipinski definition) is 2. The van der Waals surface area contributed by atoms with Crippen LogP contribution in [0.1, 0.15) is 29.9 Å². The zero-order valence-corrected chi connectivity index (χ0v) is 15.7. The molecule has 1 aromatic carbocycles. The fourth-order valence-corrected chi connectivity index (χ4v) is 3.93. The number of benzene rings is 1. The number of rotatable bonds is 4. The van der Waals surface area contributed by atoms with Crippen molar-refractivity contribution >= 4 is 39.7 Å². The third kappa shape index (κ3) is 4.70. The second-order valence-corrected chi connectivity index (χ2v) is 7.55. The molecule has 0 spiro atoms. The maximum atomic E-state index is 12.3. The lowest BCUT2D eigenvalue weighted by atomic mass is 10.2. The van der Waals surface area contributed by atoms with Crippen LogP contribution in [0.5, 0.6) is 0 Å². The van der Waals surface area contributed by atoms with Crippen LogP contribution in [0.15, 0.2) is 23.6 Å². The Kier molecular flexibility index (Phi) is 5.58. The first-order valence-corrected chi connectivity index (χ1v) is 9.35. The van der Waals surface area contributed by atoms with Gasteiger partial charge in [0.15, 0.2) is 5.13 Å². The molecule has 0 radical (unpaired) electrons. The minimum absolute atomic E-state index is 0.217. The van der Waals surface area contributed by atoms with Gasteiger partial charge in [0.05, 0.1) is 28.5 Å². The zero-order valence-electron chi connectivity index (χ0n) is 14.2. The van der Waals surface area contributed by atoms with E-state index in [9.17, 15) is 4.79 Å². The van der Waals surface area contributed by atoms with Crippen molar-refractivity contribution in [2.45, 2.75) is 32.6 Å². The van der Waals surface area contributed by atoms with Crippen LogP contribution >= 0.6 is 22.9 Å². The average molecular weight is 381 g/mol. The highest BCUT2D eigenvalue weighted by Crippen LogP contribution is 2.23. The molecule has 6 nitrogen and oxygen atoms in total. The summed E-state index contributed by atoms with van der Waals surface area (Å²) in [6.07, 6.45) is 0.434. The van der Waals surface area contributed by atoms with Crippen molar-refractivity contribution in [1.29, 1.82) is 0 Å². The Labute approximate surface area is 155 Å². The molecule has 1 fully saturated rings. The van der Waals surface area contributed by atoms with Gasteiger partial charge in [0.2, 0.25) is 0 Å². The first-order chi connectivity index (χ1) is 11.9. The van der Waals surface area contributed by atoms with Gasteiger partial charge in [0.25, 0.3) is 5.91 Å². The van der Waals surface area contributed by atoms with E-state index in [4.69, 9.17) is 22.1 Å². The van der Waals surface area contributed by atoms with Crippen molar-refractivity contribution in [3.63, 3.8) is 0 Å². The van der Waals surface area contributed by atoms with E-state index < -0.39 is 0 Å². The number of nitrogens with one attached hydrogen (secondary N) is 1. The molecule has 2 atom stereocenters. The van der Waals surface area contributed by atoms with Gasteiger partial charge in [0, 0.05) is 30.7 Å². The van der Waals surface area contributed by atoms with Gasteiger partial charge < -0.3 is 10.5 Å². The van der Waals surface area contributed by atoms with E-state index >= 15 is 0 Å². The molecule has 1 aromatic heterocycles. The number of ether oxygens (including phenoxy) is 1. The second kappa shape index (κ2) is 7.70. The first kappa shape index (κ1) is 18.1. The molecule has 25 heavy (non-hydrogen) atoms. The van der Waals surface area contributed by atoms with E-state index in [1.165, 1.54) is 11.3 Å². The maximum Gasteiger partial charge on any atom is 0.258 e. The van der Waals surface area contributed by atoms with Crippen LogP contribution in [0.25, 0.3) is 0 Å². The normalized spacial score (nSPS) is 21.2. The summed E-state index contributed by atoms with van der Waals surface area (Å²) in [5, 5.41) is 5.64. The summed E-state index contributed by atoms with van der Waals surface area (Å²) in [4.78, 5) is 19.2. The third-order valence-electron chi connectivity index (χ3n) is 3.89. The van der Waals surface area contributed by atoms with Crippen LogP contribution in [0, 0.1) is 0 Å². The summed E-state index contributed by atoms with van der Waals surface area (Å²) in [7, 11) is 0. The Morgan fingerprint density at radius 1 is 1.44 bits per heavy atom. The molecule has 2 unspecified atom stereocenters. The van der Waals surface area contributed by atoms with E-state index in [1.807, 2.05) is 5.38 Å². The Bertz CT molecular complexity index is 757. The zero-order chi connectivity index (χ0) is 18.0. The molecule has 134 valence electrons. The largest absolute Gasteiger partial charge is 0.399 e. The predicted octanol–water partition coefficient (Wildman–Crippen LogP) is 3.24. The van der Waals surface area contributed by atoms with Crippen molar-refractivity contribution in [3.05, 3.63) is 39.9 Å². The van der Waals surface area contributed by atoms with Gasteiger partial charge in [-0.15, -0.1) is 11.3 Å². The molecule has 1 aliphatic rings. The molecule has 1 aliphatic heterocycles. The summed E-state index contributed by atoms with van der Waals surface area (Å²) in [6.45, 7) is 6.65. The van der Waals surface area contributed by atoms with Gasteiger partial charge in [-0.05, 0) is 32.0 Å². The second-order valence-electron chi connectivity index (χ2n) is 6.29. The topological polar surface area (TPSA) is 80.5 Å². The number of thiazole rings is 1. The molecule has 1 amide bonds. The molecule has 0 saturated carbocycles. The molecule has 2 aromatic rings. The lowest BCUT2D eigenvalue weighted by Crippen LogP contribution is -2.44. The number of nitrogens with two attached hydrogens (primary N) is 1. The fraction of sp³-hybridized carbons (Fsp3) is 0.412. The van der Waals surface area contributed by atoms with Crippen molar-refractivity contribution < 1.29 is 9.53 Å². The molecule has 3 rings (SSSR count). The Morgan fingerprint density at radius 3 is 2.84 bits per heavy atom. The van der Waals surface area contributed by atoms with Crippen LogP contribution in [0.3, 0.4) is 0 Å². The SMILES string of the molecule is CC1CN(Cc2csc(NC(=O)c3ccc(N)cc3Cl)n2)CC(C)O1. The molecular weight excluding hydrogens is 360 g/mol.